The summed E-state index contributed by atoms with van der Waals surface area (Å²) in [5.74, 6) is 0.349. The minimum atomic E-state index is -0.0200. The number of unbranched alkanes of at least 4 members (excludes halogenated alkanes) is 4. The molecule has 144 valence electrons. The van der Waals surface area contributed by atoms with Gasteiger partial charge in [0.1, 0.15) is 5.75 Å². The van der Waals surface area contributed by atoms with E-state index < -0.39 is 0 Å². The van der Waals surface area contributed by atoms with Gasteiger partial charge in [0.2, 0.25) is 0 Å². The first-order valence-electron chi connectivity index (χ1n) is 10.1. The highest BCUT2D eigenvalue weighted by Gasteiger charge is 2.46. The molecule has 1 aromatic rings. The molecular weight excluding hydrogens is 324 g/mol. The van der Waals surface area contributed by atoms with Crippen molar-refractivity contribution < 1.29 is 9.84 Å². The summed E-state index contributed by atoms with van der Waals surface area (Å²) in [4.78, 5) is 0. The molecule has 4 heteroatoms. The molecule has 0 heterocycles. The molecule has 0 fully saturated rings. The van der Waals surface area contributed by atoms with E-state index in [1.807, 2.05) is 13.2 Å². The van der Waals surface area contributed by atoms with Crippen molar-refractivity contribution in [3.8, 4) is 11.8 Å². The van der Waals surface area contributed by atoms with Crippen LogP contribution in [0.15, 0.2) is 18.2 Å². The van der Waals surface area contributed by atoms with Crippen LogP contribution in [0, 0.1) is 11.3 Å². The fourth-order valence-electron chi connectivity index (χ4n) is 4.62. The molecule has 0 saturated heterocycles. The van der Waals surface area contributed by atoms with Crippen molar-refractivity contribution in [2.45, 2.75) is 82.8 Å². The first-order chi connectivity index (χ1) is 12.6. The van der Waals surface area contributed by atoms with Crippen LogP contribution >= 0.6 is 0 Å². The summed E-state index contributed by atoms with van der Waals surface area (Å²) < 4.78 is 5.90. The molecule has 0 aliphatic heterocycles. The summed E-state index contributed by atoms with van der Waals surface area (Å²) in [7, 11) is 1.81. The highest BCUT2D eigenvalue weighted by molar-refractivity contribution is 5.44. The van der Waals surface area contributed by atoms with Gasteiger partial charge in [-0.25, -0.2) is 0 Å². The maximum Gasteiger partial charge on any atom is 0.115 e. The monoisotopic (exact) mass is 358 g/mol. The van der Waals surface area contributed by atoms with Gasteiger partial charge >= 0.3 is 0 Å². The molecule has 0 radical (unpaired) electrons. The van der Waals surface area contributed by atoms with E-state index in [1.165, 1.54) is 11.1 Å². The predicted octanol–water partition coefficient (Wildman–Crippen LogP) is 4.45. The second-order valence-electron chi connectivity index (χ2n) is 7.44. The second-order valence-corrected chi connectivity index (χ2v) is 7.44. The van der Waals surface area contributed by atoms with E-state index in [1.54, 1.807) is 6.07 Å². The van der Waals surface area contributed by atoms with Crippen LogP contribution in [-0.2, 0) is 16.6 Å². The van der Waals surface area contributed by atoms with E-state index >= 15 is 0 Å². The van der Waals surface area contributed by atoms with Gasteiger partial charge in [0.15, 0.2) is 0 Å². The number of hydrogen-bond donors (Lipinski definition) is 2. The van der Waals surface area contributed by atoms with Gasteiger partial charge in [-0.05, 0) is 55.5 Å². The van der Waals surface area contributed by atoms with Crippen molar-refractivity contribution in [3.63, 3.8) is 0 Å². The van der Waals surface area contributed by atoms with Gasteiger partial charge in [-0.3, -0.25) is 0 Å². The van der Waals surface area contributed by atoms with E-state index in [9.17, 15) is 5.11 Å². The summed E-state index contributed by atoms with van der Waals surface area (Å²) in [6, 6.07) is 8.27. The molecule has 0 aromatic heterocycles. The number of benzene rings is 1. The van der Waals surface area contributed by atoms with Gasteiger partial charge in [-0.15, -0.1) is 0 Å². The lowest BCUT2D eigenvalue weighted by molar-refractivity contribution is 0.0243. The molecule has 1 aromatic carbocycles. The molecule has 0 amide bonds. The van der Waals surface area contributed by atoms with Gasteiger partial charge in [0.25, 0.3) is 0 Å². The number of nitrogens with zero attached hydrogens (tertiary/aromatic N) is 1. The van der Waals surface area contributed by atoms with Crippen molar-refractivity contribution in [2.24, 2.45) is 0 Å². The largest absolute Gasteiger partial charge is 0.508 e. The number of rotatable bonds is 10. The summed E-state index contributed by atoms with van der Waals surface area (Å²) in [5, 5.41) is 22.5. The first-order valence-corrected chi connectivity index (χ1v) is 10.1. The van der Waals surface area contributed by atoms with E-state index in [4.69, 9.17) is 10.00 Å². The summed E-state index contributed by atoms with van der Waals surface area (Å²) in [5.41, 5.74) is 2.56. The lowest BCUT2D eigenvalue weighted by Crippen LogP contribution is -2.59. The molecule has 2 rings (SSSR count). The molecule has 26 heavy (non-hydrogen) atoms. The molecule has 0 spiro atoms. The number of nitrogens with one attached hydrogen (secondary N) is 1. The van der Waals surface area contributed by atoms with Gasteiger partial charge in [-0.2, -0.15) is 5.26 Å². The summed E-state index contributed by atoms with van der Waals surface area (Å²) in [6.07, 6.45) is 8.11. The van der Waals surface area contributed by atoms with Crippen LogP contribution in [0.2, 0.25) is 0 Å². The maximum absolute atomic E-state index is 10.1. The number of nitriles is 1. The van der Waals surface area contributed by atoms with Gasteiger partial charge < -0.3 is 15.2 Å². The van der Waals surface area contributed by atoms with Crippen molar-refractivity contribution in [1.82, 2.24) is 5.32 Å². The van der Waals surface area contributed by atoms with E-state index in [0.717, 1.165) is 51.5 Å². The smallest absolute Gasteiger partial charge is 0.115 e. The average molecular weight is 359 g/mol. The zero-order chi connectivity index (χ0) is 19.0. The predicted molar refractivity (Wildman–Crippen MR) is 105 cm³/mol. The molecule has 2 atom stereocenters. The first kappa shape index (κ1) is 20.7. The van der Waals surface area contributed by atoms with Crippen LogP contribution in [0.1, 0.15) is 69.9 Å². The Bertz CT molecular complexity index is 605. The van der Waals surface area contributed by atoms with E-state index in [2.05, 4.69) is 31.3 Å². The summed E-state index contributed by atoms with van der Waals surface area (Å²) >= 11 is 0. The third-order valence-electron chi connectivity index (χ3n) is 6.16. The zero-order valence-electron chi connectivity index (χ0n) is 16.6. The van der Waals surface area contributed by atoms with Crippen LogP contribution < -0.4 is 5.32 Å². The molecule has 1 aliphatic carbocycles. The minimum absolute atomic E-state index is 0.0200. The highest BCUT2D eigenvalue weighted by Crippen LogP contribution is 2.44. The van der Waals surface area contributed by atoms with Gasteiger partial charge in [0, 0.05) is 31.4 Å². The van der Waals surface area contributed by atoms with Crippen molar-refractivity contribution in [1.29, 1.82) is 5.26 Å². The average Bonchev–Trinajstić information content (AvgIpc) is 2.66. The Morgan fingerprint density at radius 1 is 1.23 bits per heavy atom. The van der Waals surface area contributed by atoms with Crippen molar-refractivity contribution in [2.75, 3.05) is 13.7 Å². The third kappa shape index (κ3) is 4.39. The molecule has 2 N–H and O–H groups in total. The van der Waals surface area contributed by atoms with Crippen LogP contribution in [-0.4, -0.2) is 30.9 Å². The minimum Gasteiger partial charge on any atom is -0.508 e. The van der Waals surface area contributed by atoms with Crippen LogP contribution in [0.4, 0.5) is 0 Å². The Morgan fingerprint density at radius 3 is 2.62 bits per heavy atom. The van der Waals surface area contributed by atoms with Crippen molar-refractivity contribution in [3.05, 3.63) is 29.3 Å². The summed E-state index contributed by atoms with van der Waals surface area (Å²) in [6.45, 7) is 5.45. The van der Waals surface area contributed by atoms with E-state index in [0.29, 0.717) is 12.2 Å². The quantitative estimate of drug-likeness (QED) is 0.606. The van der Waals surface area contributed by atoms with Crippen molar-refractivity contribution >= 4 is 0 Å². The normalized spacial score (nSPS) is 21.2. The lowest BCUT2D eigenvalue weighted by Gasteiger charge is -2.49. The van der Waals surface area contributed by atoms with Crippen LogP contribution in [0.5, 0.6) is 5.75 Å². The molecule has 0 unspecified atom stereocenters. The Hall–Kier alpha value is -1.57. The second kappa shape index (κ2) is 9.94. The van der Waals surface area contributed by atoms with E-state index in [-0.39, 0.29) is 17.6 Å². The molecular formula is C22H34N2O2. The Kier molecular flexibility index (Phi) is 7.93. The number of methoxy groups -OCH3 is 1. The number of ether oxygens (including phenoxy) is 1. The zero-order valence-corrected chi connectivity index (χ0v) is 16.6. The van der Waals surface area contributed by atoms with Crippen LogP contribution in [0.25, 0.3) is 0 Å². The molecule has 1 aliphatic rings. The SMILES string of the molecule is CCC1(CC)c2cc(O)ccc2C[C@@H](OC)[C@@H]1NCCCCCCC#N. The standard InChI is InChI=1S/C22H34N2O2/c1-4-22(5-2)19-16-18(25)12-11-17(19)15-20(26-3)21(22)24-14-10-8-6-7-9-13-23/h11-12,16,20-21,24-25H,4-10,14-15H2,1-3H3/t20-,21+/m1/s1. The van der Waals surface area contributed by atoms with Gasteiger partial charge in [0.05, 0.1) is 12.2 Å². The topological polar surface area (TPSA) is 65.3 Å². The number of fused-ring (bicyclic) bond motifs is 1. The molecule has 4 nitrogen and oxygen atoms in total. The fraction of sp³-hybridized carbons (Fsp3) is 0.682. The number of phenols is 1. The van der Waals surface area contributed by atoms with Crippen LogP contribution in [0.3, 0.4) is 0 Å². The molecule has 0 saturated carbocycles. The fourth-order valence-corrected chi connectivity index (χ4v) is 4.62. The highest BCUT2D eigenvalue weighted by atomic mass is 16.5. The number of aromatic hydroxyl groups is 1. The maximum atomic E-state index is 10.1. The van der Waals surface area contributed by atoms with Gasteiger partial charge in [-0.1, -0.05) is 32.8 Å². The lowest BCUT2D eigenvalue weighted by atomic mass is 9.62. The Morgan fingerprint density at radius 2 is 1.96 bits per heavy atom. The number of phenolic OH excluding ortho intramolecular Hbond substituents is 1. The third-order valence-corrected chi connectivity index (χ3v) is 6.16. The molecule has 0 bridgehead atoms. The Labute approximate surface area is 158 Å². The number of hydrogen-bond acceptors (Lipinski definition) is 4. The Balaban J connectivity index is 2.13.